The highest BCUT2D eigenvalue weighted by Crippen LogP contribution is 2.49. The van der Waals surface area contributed by atoms with E-state index in [9.17, 15) is 14.2 Å². The van der Waals surface area contributed by atoms with Crippen molar-refractivity contribution in [2.24, 2.45) is 0 Å². The van der Waals surface area contributed by atoms with E-state index in [4.69, 9.17) is 18.5 Å². The lowest BCUT2D eigenvalue weighted by molar-refractivity contribution is -0.127. The predicted molar refractivity (Wildman–Crippen MR) is 125 cm³/mol. The summed E-state index contributed by atoms with van der Waals surface area (Å²) in [5.74, 6) is 0.732. The highest BCUT2D eigenvalue weighted by atomic mass is 127. The fourth-order valence-electron chi connectivity index (χ4n) is 2.84. The topological polar surface area (TPSA) is 109 Å². The summed E-state index contributed by atoms with van der Waals surface area (Å²) in [6.45, 7) is 0. The van der Waals surface area contributed by atoms with Gasteiger partial charge in [0.1, 0.15) is 11.5 Å². The molecule has 0 amide bonds. The monoisotopic (exact) mass is 568 g/mol. The third-order valence-corrected chi connectivity index (χ3v) is 6.49. The Kier molecular flexibility index (Phi) is 6.95. The third-order valence-electron chi connectivity index (χ3n) is 4.28. The van der Waals surface area contributed by atoms with Crippen LogP contribution in [0.2, 0.25) is 0 Å². The number of aromatic amines is 1. The van der Waals surface area contributed by atoms with Crippen LogP contribution in [0, 0.1) is 3.57 Å². The molecular weight excluding hydrogens is 550 g/mol. The third kappa shape index (κ3) is 5.57. The summed E-state index contributed by atoms with van der Waals surface area (Å²) in [5.41, 5.74) is -1.09. The molecule has 0 bridgehead atoms. The van der Waals surface area contributed by atoms with Crippen molar-refractivity contribution in [1.82, 2.24) is 9.55 Å². The molecule has 166 valence electrons. The van der Waals surface area contributed by atoms with Gasteiger partial charge in [0.25, 0.3) is 5.56 Å². The van der Waals surface area contributed by atoms with E-state index in [-0.39, 0.29) is 0 Å². The number of benzene rings is 2. The van der Waals surface area contributed by atoms with Gasteiger partial charge in [-0.15, -0.1) is 0 Å². The van der Waals surface area contributed by atoms with E-state index in [1.165, 1.54) is 10.8 Å². The van der Waals surface area contributed by atoms with Crippen molar-refractivity contribution in [3.05, 3.63) is 103 Å². The minimum Gasteiger partial charge on any atom is -0.415 e. The molecule has 4 rings (SSSR count). The van der Waals surface area contributed by atoms with Gasteiger partial charge in [0.2, 0.25) is 0 Å². The fourth-order valence-corrected chi connectivity index (χ4v) is 4.63. The maximum Gasteiger partial charge on any atom is 0.456 e. The number of aromatic nitrogens is 2. The zero-order valence-corrected chi connectivity index (χ0v) is 19.5. The van der Waals surface area contributed by atoms with Gasteiger partial charge in [-0.2, -0.15) is 0 Å². The normalized spacial score (nSPS) is 17.9. The molecule has 0 aliphatic carbocycles. The smallest absolute Gasteiger partial charge is 0.415 e. The van der Waals surface area contributed by atoms with E-state index in [1.807, 2.05) is 34.7 Å². The molecule has 1 N–H and O–H groups in total. The standard InChI is InChI=1S/C21H18IN2O7P/c22-17-13-24(21(26)23-20(17)25)18-11-12-19(29-18)28-14-32(27,30-15-7-3-1-4-8-15)31-16-9-5-2-6-10-16/h1-13,18-19H,14H2,(H,23,25,26)/t18-,19+/m1/s1. The Morgan fingerprint density at radius 2 is 1.56 bits per heavy atom. The first-order valence-corrected chi connectivity index (χ1v) is 12.3. The Morgan fingerprint density at radius 3 is 2.16 bits per heavy atom. The number of nitrogens with one attached hydrogen (secondary N) is 1. The lowest BCUT2D eigenvalue weighted by atomic mass is 10.3. The first kappa shape index (κ1) is 22.5. The summed E-state index contributed by atoms with van der Waals surface area (Å²) < 4.78 is 37.7. The van der Waals surface area contributed by atoms with Crippen LogP contribution in [0.5, 0.6) is 11.5 Å². The first-order chi connectivity index (χ1) is 15.4. The van der Waals surface area contributed by atoms with Crippen molar-refractivity contribution >= 4 is 30.2 Å². The zero-order chi connectivity index (χ0) is 22.6. The summed E-state index contributed by atoms with van der Waals surface area (Å²) in [5, 5.41) is 0. The molecule has 0 spiro atoms. The van der Waals surface area contributed by atoms with Gasteiger partial charge in [0.15, 0.2) is 18.9 Å². The van der Waals surface area contributed by atoms with Gasteiger partial charge >= 0.3 is 13.3 Å². The molecule has 2 atom stereocenters. The first-order valence-electron chi connectivity index (χ1n) is 9.47. The maximum absolute atomic E-state index is 13.5. The largest absolute Gasteiger partial charge is 0.456 e. The molecule has 2 aromatic carbocycles. The summed E-state index contributed by atoms with van der Waals surface area (Å²) in [6, 6.07) is 17.3. The molecule has 1 aromatic heterocycles. The van der Waals surface area contributed by atoms with Crippen molar-refractivity contribution in [1.29, 1.82) is 0 Å². The second-order valence-electron chi connectivity index (χ2n) is 6.64. The number of rotatable bonds is 8. The average Bonchev–Trinajstić information content (AvgIpc) is 3.25. The second kappa shape index (κ2) is 9.86. The number of hydrogen-bond donors (Lipinski definition) is 1. The lowest BCUT2D eigenvalue weighted by Gasteiger charge is -2.22. The van der Waals surface area contributed by atoms with Gasteiger partial charge in [0.05, 0.1) is 3.57 Å². The summed E-state index contributed by atoms with van der Waals surface area (Å²) in [6.07, 6.45) is 2.47. The van der Waals surface area contributed by atoms with Gasteiger partial charge in [-0.3, -0.25) is 14.3 Å². The van der Waals surface area contributed by atoms with E-state index in [0.717, 1.165) is 0 Å². The number of H-pyrrole nitrogens is 1. The highest BCUT2D eigenvalue weighted by Gasteiger charge is 2.32. The van der Waals surface area contributed by atoms with Gasteiger partial charge < -0.3 is 18.5 Å². The van der Waals surface area contributed by atoms with Crippen LogP contribution in [-0.4, -0.2) is 22.2 Å². The van der Waals surface area contributed by atoms with Crippen molar-refractivity contribution in [2.75, 3.05) is 6.35 Å². The molecule has 1 aliphatic heterocycles. The quantitative estimate of drug-likeness (QED) is 0.250. The van der Waals surface area contributed by atoms with Crippen LogP contribution in [0.1, 0.15) is 6.23 Å². The van der Waals surface area contributed by atoms with Crippen molar-refractivity contribution in [2.45, 2.75) is 12.5 Å². The number of halogens is 1. The van der Waals surface area contributed by atoms with Crippen LogP contribution in [0.4, 0.5) is 0 Å². The van der Waals surface area contributed by atoms with Gasteiger partial charge in [-0.05, 0) is 59.0 Å². The number of ether oxygens (including phenoxy) is 2. The SMILES string of the molecule is O=c1[nH]c(=O)n([C@H]2C=C[C@@H](OCP(=O)(Oc3ccccc3)Oc3ccccc3)O2)cc1I. The van der Waals surface area contributed by atoms with Crippen LogP contribution < -0.4 is 20.3 Å². The lowest BCUT2D eigenvalue weighted by Crippen LogP contribution is -2.33. The Morgan fingerprint density at radius 1 is 0.969 bits per heavy atom. The van der Waals surface area contributed by atoms with Crippen LogP contribution >= 0.6 is 30.2 Å². The van der Waals surface area contributed by atoms with E-state index in [2.05, 4.69) is 4.98 Å². The maximum atomic E-state index is 13.5. The molecule has 2 heterocycles. The Labute approximate surface area is 196 Å². The average molecular weight is 568 g/mol. The van der Waals surface area contributed by atoms with E-state index in [1.54, 1.807) is 60.7 Å². The molecule has 11 heteroatoms. The molecule has 0 radical (unpaired) electrons. The molecule has 0 saturated carbocycles. The highest BCUT2D eigenvalue weighted by molar-refractivity contribution is 14.1. The number of hydrogen-bond acceptors (Lipinski definition) is 7. The van der Waals surface area contributed by atoms with E-state index < -0.39 is 37.7 Å². The Bertz CT molecular complexity index is 1210. The van der Waals surface area contributed by atoms with Crippen LogP contribution in [-0.2, 0) is 14.0 Å². The molecule has 32 heavy (non-hydrogen) atoms. The molecular formula is C21H18IN2O7P. The second-order valence-corrected chi connectivity index (χ2v) is 9.65. The van der Waals surface area contributed by atoms with E-state index in [0.29, 0.717) is 15.1 Å². The van der Waals surface area contributed by atoms with E-state index >= 15 is 0 Å². The van der Waals surface area contributed by atoms with Crippen molar-refractivity contribution in [3.63, 3.8) is 0 Å². The number of para-hydroxylation sites is 2. The molecule has 1 aliphatic rings. The number of nitrogens with zero attached hydrogens (tertiary/aromatic N) is 1. The molecule has 0 fully saturated rings. The van der Waals surface area contributed by atoms with Gasteiger partial charge in [-0.25, -0.2) is 9.36 Å². The van der Waals surface area contributed by atoms with Crippen molar-refractivity contribution in [3.8, 4) is 11.5 Å². The molecule has 0 saturated heterocycles. The zero-order valence-electron chi connectivity index (χ0n) is 16.5. The minimum atomic E-state index is -3.78. The fraction of sp³-hybridized carbons (Fsp3) is 0.143. The molecule has 3 aromatic rings. The summed E-state index contributed by atoms with van der Waals surface area (Å²) in [7, 11) is -3.78. The van der Waals surface area contributed by atoms with Crippen LogP contribution in [0.3, 0.4) is 0 Å². The minimum absolute atomic E-state index is 0.334. The van der Waals surface area contributed by atoms with Gasteiger partial charge in [0, 0.05) is 6.20 Å². The Hall–Kier alpha value is -2.66. The van der Waals surface area contributed by atoms with Crippen molar-refractivity contribution < 1.29 is 23.1 Å². The van der Waals surface area contributed by atoms with Crippen LogP contribution in [0.15, 0.2) is 88.6 Å². The molecule has 0 unspecified atom stereocenters. The summed E-state index contributed by atoms with van der Waals surface area (Å²) in [4.78, 5) is 25.9. The Balaban J connectivity index is 1.46. The predicted octanol–water partition coefficient (Wildman–Crippen LogP) is 3.88. The van der Waals surface area contributed by atoms with Gasteiger partial charge in [-0.1, -0.05) is 36.4 Å². The van der Waals surface area contributed by atoms with Crippen LogP contribution in [0.25, 0.3) is 0 Å². The molecule has 9 nitrogen and oxygen atoms in total. The summed E-state index contributed by atoms with van der Waals surface area (Å²) >= 11 is 1.82.